The second-order valence-corrected chi connectivity index (χ2v) is 6.97. The number of carbonyl (C=O) groups is 1. The summed E-state index contributed by atoms with van der Waals surface area (Å²) in [5.41, 5.74) is 1.69. The van der Waals surface area contributed by atoms with Crippen molar-refractivity contribution in [2.45, 2.75) is 13.0 Å². The number of amides is 1. The highest BCUT2D eigenvalue weighted by Gasteiger charge is 2.23. The Bertz CT molecular complexity index is 954. The number of hydrogen-bond acceptors (Lipinski definition) is 5. The van der Waals surface area contributed by atoms with Gasteiger partial charge in [-0.05, 0) is 54.4 Å². The number of benzene rings is 2. The molecule has 7 heteroatoms. The Morgan fingerprint density at radius 3 is 2.38 bits per heavy atom. The molecule has 6 nitrogen and oxygen atoms in total. The second-order valence-electron chi connectivity index (χ2n) is 6.11. The topological polar surface area (TPSA) is 69.9 Å². The highest BCUT2D eigenvalue weighted by Crippen LogP contribution is 2.38. The standard InChI is InChI=1S/C22H22BrNO5/c1-4-28-15-9-7-14(8-10-15)21(24-22(25)18-6-5-11-29-18)16-12-19(26-2)20(27-3)13-17(16)23/h5-13,21H,4H2,1-3H3,(H,24,25)/t21-/m1/s1. The molecule has 0 saturated carbocycles. The first kappa shape index (κ1) is 20.8. The third-order valence-electron chi connectivity index (χ3n) is 4.36. The minimum Gasteiger partial charge on any atom is -0.494 e. The third-order valence-corrected chi connectivity index (χ3v) is 5.05. The number of rotatable bonds is 8. The van der Waals surface area contributed by atoms with Gasteiger partial charge in [-0.3, -0.25) is 4.79 Å². The molecule has 29 heavy (non-hydrogen) atoms. The van der Waals surface area contributed by atoms with Crippen molar-refractivity contribution in [2.75, 3.05) is 20.8 Å². The van der Waals surface area contributed by atoms with Crippen molar-refractivity contribution in [1.29, 1.82) is 0 Å². The van der Waals surface area contributed by atoms with Crippen molar-refractivity contribution in [1.82, 2.24) is 5.32 Å². The van der Waals surface area contributed by atoms with Gasteiger partial charge in [0, 0.05) is 4.47 Å². The maximum Gasteiger partial charge on any atom is 0.287 e. The summed E-state index contributed by atoms with van der Waals surface area (Å²) in [7, 11) is 3.15. The number of carbonyl (C=O) groups excluding carboxylic acids is 1. The Labute approximate surface area is 177 Å². The van der Waals surface area contributed by atoms with Crippen LogP contribution in [0.5, 0.6) is 17.2 Å². The Morgan fingerprint density at radius 1 is 1.10 bits per heavy atom. The predicted molar refractivity (Wildman–Crippen MR) is 113 cm³/mol. The number of ether oxygens (including phenoxy) is 3. The van der Waals surface area contributed by atoms with Crippen LogP contribution in [-0.4, -0.2) is 26.7 Å². The normalized spacial score (nSPS) is 11.6. The maximum absolute atomic E-state index is 12.7. The molecular formula is C22H22BrNO5. The van der Waals surface area contributed by atoms with Crippen LogP contribution in [0.15, 0.2) is 63.7 Å². The number of nitrogens with one attached hydrogen (secondary N) is 1. The average molecular weight is 460 g/mol. The van der Waals surface area contributed by atoms with Crippen molar-refractivity contribution < 1.29 is 23.4 Å². The van der Waals surface area contributed by atoms with Gasteiger partial charge in [0.1, 0.15) is 5.75 Å². The van der Waals surface area contributed by atoms with Gasteiger partial charge in [-0.1, -0.05) is 28.1 Å². The lowest BCUT2D eigenvalue weighted by Crippen LogP contribution is -2.29. The van der Waals surface area contributed by atoms with Gasteiger partial charge >= 0.3 is 0 Å². The smallest absolute Gasteiger partial charge is 0.287 e. The molecule has 2 aromatic carbocycles. The molecule has 1 amide bonds. The Kier molecular flexibility index (Phi) is 6.82. The summed E-state index contributed by atoms with van der Waals surface area (Å²) in [6, 6.07) is 14.1. The van der Waals surface area contributed by atoms with Crippen LogP contribution in [-0.2, 0) is 0 Å². The van der Waals surface area contributed by atoms with E-state index >= 15 is 0 Å². The quantitative estimate of drug-likeness (QED) is 0.514. The van der Waals surface area contributed by atoms with Crippen LogP contribution in [0.3, 0.4) is 0 Å². The first-order chi connectivity index (χ1) is 14.1. The minimum atomic E-state index is -0.461. The number of methoxy groups -OCH3 is 2. The monoisotopic (exact) mass is 459 g/mol. The summed E-state index contributed by atoms with van der Waals surface area (Å²) in [5.74, 6) is 1.83. The average Bonchev–Trinajstić information content (AvgIpc) is 3.28. The van der Waals surface area contributed by atoms with E-state index in [4.69, 9.17) is 18.6 Å². The molecule has 1 atom stereocenters. The molecule has 0 unspecified atom stereocenters. The summed E-state index contributed by atoms with van der Waals surface area (Å²) in [6.45, 7) is 2.51. The molecule has 1 N–H and O–H groups in total. The van der Waals surface area contributed by atoms with Crippen LogP contribution >= 0.6 is 15.9 Å². The molecule has 0 aliphatic heterocycles. The predicted octanol–water partition coefficient (Wildman–Crippen LogP) is 4.98. The Balaban J connectivity index is 2.03. The summed E-state index contributed by atoms with van der Waals surface area (Å²) in [5, 5.41) is 3.03. The highest BCUT2D eigenvalue weighted by atomic mass is 79.9. The van der Waals surface area contributed by atoms with Crippen LogP contribution in [0.25, 0.3) is 0 Å². The minimum absolute atomic E-state index is 0.234. The van der Waals surface area contributed by atoms with Crippen molar-refractivity contribution in [3.05, 3.63) is 76.2 Å². The van der Waals surface area contributed by atoms with Gasteiger partial charge in [0.05, 0.1) is 33.1 Å². The molecular weight excluding hydrogens is 438 g/mol. The lowest BCUT2D eigenvalue weighted by Gasteiger charge is -2.22. The largest absolute Gasteiger partial charge is 0.494 e. The summed E-state index contributed by atoms with van der Waals surface area (Å²) >= 11 is 3.59. The lowest BCUT2D eigenvalue weighted by molar-refractivity contribution is 0.0915. The molecule has 0 fully saturated rings. The molecule has 0 aliphatic rings. The molecule has 0 saturated heterocycles. The van der Waals surface area contributed by atoms with E-state index in [1.165, 1.54) is 6.26 Å². The molecule has 0 spiro atoms. The SMILES string of the molecule is CCOc1ccc([C@@H](NC(=O)c2ccco2)c2cc(OC)c(OC)cc2Br)cc1. The summed E-state index contributed by atoms with van der Waals surface area (Å²) in [6.07, 6.45) is 1.47. The van der Waals surface area contributed by atoms with Crippen molar-refractivity contribution in [3.8, 4) is 17.2 Å². The maximum atomic E-state index is 12.7. The van der Waals surface area contributed by atoms with E-state index in [2.05, 4.69) is 21.2 Å². The van der Waals surface area contributed by atoms with Gasteiger partial charge in [-0.25, -0.2) is 0 Å². The van der Waals surface area contributed by atoms with E-state index < -0.39 is 6.04 Å². The fourth-order valence-electron chi connectivity index (χ4n) is 2.96. The zero-order valence-electron chi connectivity index (χ0n) is 16.4. The van der Waals surface area contributed by atoms with Gasteiger partial charge in [0.25, 0.3) is 5.91 Å². The van der Waals surface area contributed by atoms with Crippen LogP contribution in [0.2, 0.25) is 0 Å². The molecule has 3 rings (SSSR count). The first-order valence-electron chi connectivity index (χ1n) is 9.06. The molecule has 0 radical (unpaired) electrons. The van der Waals surface area contributed by atoms with Crippen molar-refractivity contribution >= 4 is 21.8 Å². The van der Waals surface area contributed by atoms with Gasteiger partial charge < -0.3 is 23.9 Å². The fourth-order valence-corrected chi connectivity index (χ4v) is 3.52. The molecule has 1 aromatic heterocycles. The van der Waals surface area contributed by atoms with Crippen LogP contribution in [0, 0.1) is 0 Å². The summed E-state index contributed by atoms with van der Waals surface area (Å²) < 4.78 is 22.4. The van der Waals surface area contributed by atoms with E-state index in [1.807, 2.05) is 43.3 Å². The highest BCUT2D eigenvalue weighted by molar-refractivity contribution is 9.10. The van der Waals surface area contributed by atoms with Crippen molar-refractivity contribution in [2.24, 2.45) is 0 Å². The van der Waals surface area contributed by atoms with Crippen LogP contribution in [0.4, 0.5) is 0 Å². The van der Waals surface area contributed by atoms with Crippen LogP contribution < -0.4 is 19.5 Å². The zero-order chi connectivity index (χ0) is 20.8. The summed E-state index contributed by atoms with van der Waals surface area (Å²) in [4.78, 5) is 12.7. The number of furan rings is 1. The Hall–Kier alpha value is -2.93. The van der Waals surface area contributed by atoms with E-state index in [0.717, 1.165) is 21.3 Å². The van der Waals surface area contributed by atoms with E-state index in [0.29, 0.717) is 18.1 Å². The van der Waals surface area contributed by atoms with E-state index in [-0.39, 0.29) is 11.7 Å². The second kappa shape index (κ2) is 9.52. The third kappa shape index (κ3) is 4.74. The first-order valence-corrected chi connectivity index (χ1v) is 9.85. The van der Waals surface area contributed by atoms with Gasteiger partial charge in [-0.15, -0.1) is 0 Å². The molecule has 0 aliphatic carbocycles. The molecule has 0 bridgehead atoms. The fraction of sp³-hybridized carbons (Fsp3) is 0.227. The lowest BCUT2D eigenvalue weighted by atomic mass is 9.97. The van der Waals surface area contributed by atoms with E-state index in [1.54, 1.807) is 26.4 Å². The zero-order valence-corrected chi connectivity index (χ0v) is 18.0. The van der Waals surface area contributed by atoms with Gasteiger partial charge in [0.15, 0.2) is 17.3 Å². The molecule has 3 aromatic rings. The van der Waals surface area contributed by atoms with Gasteiger partial charge in [0.2, 0.25) is 0 Å². The molecule has 1 heterocycles. The number of halogens is 1. The van der Waals surface area contributed by atoms with Gasteiger partial charge in [-0.2, -0.15) is 0 Å². The number of hydrogen-bond donors (Lipinski definition) is 1. The molecule has 152 valence electrons. The Morgan fingerprint density at radius 2 is 1.79 bits per heavy atom. The van der Waals surface area contributed by atoms with Crippen LogP contribution in [0.1, 0.15) is 34.6 Å². The van der Waals surface area contributed by atoms with Crippen molar-refractivity contribution in [3.63, 3.8) is 0 Å². The van der Waals surface area contributed by atoms with E-state index in [9.17, 15) is 4.79 Å².